The minimum atomic E-state index is 0.472. The van der Waals surface area contributed by atoms with Gasteiger partial charge in [0, 0.05) is 6.20 Å². The number of aliphatic imine (C=N–C) groups is 1. The zero-order valence-corrected chi connectivity index (χ0v) is 7.55. The molecule has 4 nitrogen and oxygen atoms in total. The lowest BCUT2D eigenvalue weighted by Gasteiger charge is -1.94. The number of isocyanates is 1. The highest BCUT2D eigenvalue weighted by molar-refractivity contribution is 5.53. The Labute approximate surface area is 80.9 Å². The molecular weight excluding hydrogens is 178 g/mol. The van der Waals surface area contributed by atoms with Crippen LogP contribution in [0, 0.1) is 0 Å². The fraction of sp³-hybridized carbons (Fsp3) is 0.200. The summed E-state index contributed by atoms with van der Waals surface area (Å²) in [6.45, 7) is 0.472. The molecule has 0 fully saturated rings. The molecule has 0 aliphatic rings. The van der Waals surface area contributed by atoms with E-state index in [2.05, 4.69) is 10.1 Å². The van der Waals surface area contributed by atoms with E-state index < -0.39 is 0 Å². The third kappa shape index (κ3) is 1.56. The van der Waals surface area contributed by atoms with Crippen molar-refractivity contribution in [3.63, 3.8) is 0 Å². The monoisotopic (exact) mass is 187 g/mol. The average molecular weight is 187 g/mol. The number of rotatable bonds is 3. The lowest BCUT2D eigenvalue weighted by atomic mass is 10.2. The van der Waals surface area contributed by atoms with Crippen molar-refractivity contribution in [3.05, 3.63) is 36.2 Å². The second-order valence-corrected chi connectivity index (χ2v) is 2.92. The van der Waals surface area contributed by atoms with Gasteiger partial charge in [-0.15, -0.1) is 0 Å². The molecule has 0 radical (unpaired) electrons. The molecule has 2 heterocycles. The van der Waals surface area contributed by atoms with Crippen LogP contribution in [-0.2, 0) is 11.2 Å². The molecule has 0 saturated carbocycles. The van der Waals surface area contributed by atoms with Crippen molar-refractivity contribution in [2.45, 2.75) is 6.42 Å². The largest absolute Gasteiger partial charge is 0.241 e. The quantitative estimate of drug-likeness (QED) is 0.535. The van der Waals surface area contributed by atoms with E-state index in [-0.39, 0.29) is 0 Å². The van der Waals surface area contributed by atoms with Crippen LogP contribution in [0.4, 0.5) is 0 Å². The van der Waals surface area contributed by atoms with Gasteiger partial charge in [0.2, 0.25) is 6.08 Å². The van der Waals surface area contributed by atoms with Gasteiger partial charge in [0.25, 0.3) is 0 Å². The van der Waals surface area contributed by atoms with E-state index in [0.29, 0.717) is 6.54 Å². The second-order valence-electron chi connectivity index (χ2n) is 2.92. The van der Waals surface area contributed by atoms with Gasteiger partial charge in [0.1, 0.15) is 0 Å². The zero-order valence-electron chi connectivity index (χ0n) is 7.55. The Balaban J connectivity index is 2.29. The molecule has 0 saturated heterocycles. The Bertz CT molecular complexity index is 483. The summed E-state index contributed by atoms with van der Waals surface area (Å²) in [7, 11) is 0. The molecule has 2 rings (SSSR count). The number of aromatic nitrogens is 2. The molecule has 0 spiro atoms. The molecule has 14 heavy (non-hydrogen) atoms. The van der Waals surface area contributed by atoms with Gasteiger partial charge in [-0.2, -0.15) is 5.10 Å². The molecule has 70 valence electrons. The summed E-state index contributed by atoms with van der Waals surface area (Å²) < 4.78 is 1.81. The highest BCUT2D eigenvalue weighted by Crippen LogP contribution is 2.10. The van der Waals surface area contributed by atoms with Crippen LogP contribution in [0.1, 0.15) is 5.56 Å². The van der Waals surface area contributed by atoms with Gasteiger partial charge in [-0.25, -0.2) is 14.3 Å². The molecule has 0 unspecified atom stereocenters. The minimum absolute atomic E-state index is 0.472. The van der Waals surface area contributed by atoms with E-state index in [0.717, 1.165) is 17.5 Å². The topological polar surface area (TPSA) is 46.7 Å². The summed E-state index contributed by atoms with van der Waals surface area (Å²) in [5.41, 5.74) is 2.16. The van der Waals surface area contributed by atoms with Gasteiger partial charge in [0.05, 0.1) is 18.3 Å². The van der Waals surface area contributed by atoms with E-state index in [1.807, 2.05) is 24.4 Å². The van der Waals surface area contributed by atoms with Crippen molar-refractivity contribution in [3.8, 4) is 0 Å². The first-order valence-corrected chi connectivity index (χ1v) is 4.36. The number of pyridine rings is 1. The van der Waals surface area contributed by atoms with E-state index in [1.165, 1.54) is 6.08 Å². The lowest BCUT2D eigenvalue weighted by Crippen LogP contribution is -1.89. The number of nitrogens with zero attached hydrogens (tertiary/aromatic N) is 3. The number of carbonyl (C=O) groups excluding carboxylic acids is 1. The lowest BCUT2D eigenvalue weighted by molar-refractivity contribution is 0.563. The van der Waals surface area contributed by atoms with Crippen LogP contribution < -0.4 is 0 Å². The van der Waals surface area contributed by atoms with Crippen LogP contribution >= 0.6 is 0 Å². The van der Waals surface area contributed by atoms with Crippen molar-refractivity contribution < 1.29 is 4.79 Å². The SMILES string of the molecule is O=C=NCCc1cnn2ccccc12. The van der Waals surface area contributed by atoms with E-state index in [4.69, 9.17) is 0 Å². The van der Waals surface area contributed by atoms with E-state index >= 15 is 0 Å². The first kappa shape index (κ1) is 8.66. The third-order valence-corrected chi connectivity index (χ3v) is 2.06. The Hall–Kier alpha value is -1.93. The molecule has 0 atom stereocenters. The molecule has 0 amide bonds. The van der Waals surface area contributed by atoms with Crippen molar-refractivity contribution in [2.75, 3.05) is 6.54 Å². The van der Waals surface area contributed by atoms with Crippen LogP contribution in [0.25, 0.3) is 5.52 Å². The van der Waals surface area contributed by atoms with Crippen molar-refractivity contribution in [1.82, 2.24) is 9.61 Å². The summed E-state index contributed by atoms with van der Waals surface area (Å²) >= 11 is 0. The predicted octanol–water partition coefficient (Wildman–Crippen LogP) is 1.21. The van der Waals surface area contributed by atoms with E-state index in [1.54, 1.807) is 10.7 Å². The predicted molar refractivity (Wildman–Crippen MR) is 51.9 cm³/mol. The van der Waals surface area contributed by atoms with Crippen LogP contribution in [0.3, 0.4) is 0 Å². The van der Waals surface area contributed by atoms with Gasteiger partial charge < -0.3 is 0 Å². The summed E-state index contributed by atoms with van der Waals surface area (Å²) in [4.78, 5) is 13.4. The maximum atomic E-state index is 9.88. The molecule has 2 aromatic rings. The second kappa shape index (κ2) is 3.85. The molecule has 2 aromatic heterocycles. The fourth-order valence-electron chi connectivity index (χ4n) is 1.40. The van der Waals surface area contributed by atoms with Crippen molar-refractivity contribution in [1.29, 1.82) is 0 Å². The van der Waals surface area contributed by atoms with Gasteiger partial charge in [-0.1, -0.05) is 6.07 Å². The van der Waals surface area contributed by atoms with E-state index in [9.17, 15) is 4.79 Å². The Morgan fingerprint density at radius 3 is 3.29 bits per heavy atom. The third-order valence-electron chi connectivity index (χ3n) is 2.06. The van der Waals surface area contributed by atoms with Gasteiger partial charge >= 0.3 is 0 Å². The first-order valence-electron chi connectivity index (χ1n) is 4.36. The maximum absolute atomic E-state index is 9.88. The smallest absolute Gasteiger partial charge is 0.234 e. The average Bonchev–Trinajstić information content (AvgIpc) is 2.63. The van der Waals surface area contributed by atoms with Crippen LogP contribution in [0.15, 0.2) is 35.6 Å². The molecule has 0 aliphatic carbocycles. The summed E-state index contributed by atoms with van der Waals surface area (Å²) in [6, 6.07) is 5.88. The number of fused-ring (bicyclic) bond motifs is 1. The summed E-state index contributed by atoms with van der Waals surface area (Å²) in [5, 5.41) is 4.17. The summed E-state index contributed by atoms with van der Waals surface area (Å²) in [5.74, 6) is 0. The van der Waals surface area contributed by atoms with Gasteiger partial charge in [-0.05, 0) is 24.1 Å². The Morgan fingerprint density at radius 1 is 1.50 bits per heavy atom. The van der Waals surface area contributed by atoms with Crippen molar-refractivity contribution in [2.24, 2.45) is 4.99 Å². The number of hydrogen-bond acceptors (Lipinski definition) is 3. The molecule has 4 heteroatoms. The standard InChI is InChI=1S/C10H9N3O/c14-8-11-5-4-9-7-12-13-6-2-1-3-10(9)13/h1-3,6-7H,4-5H2. The molecule has 0 N–H and O–H groups in total. The Morgan fingerprint density at radius 2 is 2.43 bits per heavy atom. The minimum Gasteiger partial charge on any atom is -0.241 e. The maximum Gasteiger partial charge on any atom is 0.234 e. The van der Waals surface area contributed by atoms with Crippen molar-refractivity contribution >= 4 is 11.6 Å². The fourth-order valence-corrected chi connectivity index (χ4v) is 1.40. The molecule has 0 aliphatic heterocycles. The highest BCUT2D eigenvalue weighted by Gasteiger charge is 2.01. The van der Waals surface area contributed by atoms with Crippen LogP contribution in [0.2, 0.25) is 0 Å². The normalized spacial score (nSPS) is 10.0. The number of hydrogen-bond donors (Lipinski definition) is 0. The van der Waals surface area contributed by atoms with Crippen LogP contribution in [0.5, 0.6) is 0 Å². The Kier molecular flexibility index (Phi) is 2.38. The highest BCUT2D eigenvalue weighted by atomic mass is 16.1. The zero-order chi connectivity index (χ0) is 9.80. The van der Waals surface area contributed by atoms with Gasteiger partial charge in [0.15, 0.2) is 0 Å². The molecule has 0 bridgehead atoms. The first-order chi connectivity index (χ1) is 6.92. The molecular formula is C10H9N3O. The van der Waals surface area contributed by atoms with Crippen LogP contribution in [-0.4, -0.2) is 22.2 Å². The van der Waals surface area contributed by atoms with Gasteiger partial charge in [-0.3, -0.25) is 0 Å². The molecule has 0 aromatic carbocycles. The summed E-state index contributed by atoms with van der Waals surface area (Å²) in [6.07, 6.45) is 5.94.